The van der Waals surface area contributed by atoms with Crippen LogP contribution in [0.4, 0.5) is 4.39 Å². The van der Waals surface area contributed by atoms with Gasteiger partial charge in [-0.15, -0.1) is 0 Å². The molecule has 0 atom stereocenters. The number of alkyl halides is 1. The molecule has 0 bridgehead atoms. The summed E-state index contributed by atoms with van der Waals surface area (Å²) in [5.41, 5.74) is 0. The van der Waals surface area contributed by atoms with E-state index in [1.54, 1.807) is 0 Å². The van der Waals surface area contributed by atoms with Gasteiger partial charge in [0.1, 0.15) is 0 Å². The van der Waals surface area contributed by atoms with Crippen LogP contribution in [0.1, 0.15) is 89.9 Å². The van der Waals surface area contributed by atoms with Gasteiger partial charge in [0.05, 0.1) is 6.67 Å². The molecule has 0 unspecified atom stereocenters. The van der Waals surface area contributed by atoms with Crippen LogP contribution in [0, 0.1) is 0 Å². The monoisotopic (exact) mass is 291 g/mol. The van der Waals surface area contributed by atoms with E-state index in [9.17, 15) is 9.18 Å². The largest absolute Gasteiger partial charge is 0.281 e. The molecule has 3 heteroatoms. The van der Waals surface area contributed by atoms with Crippen LogP contribution in [-0.2, 0) is 4.79 Å². The van der Waals surface area contributed by atoms with Crippen molar-refractivity contribution in [3.8, 4) is 0 Å². The van der Waals surface area contributed by atoms with E-state index >= 15 is 0 Å². The highest BCUT2D eigenvalue weighted by Gasteiger charge is 1.96. The van der Waals surface area contributed by atoms with Gasteiger partial charge in [-0.1, -0.05) is 70.6 Å². The second-order valence-corrected chi connectivity index (χ2v) is 5.81. The van der Waals surface area contributed by atoms with Gasteiger partial charge in [0, 0.05) is 6.42 Å². The van der Waals surface area contributed by atoms with Gasteiger partial charge in [-0.05, 0) is 24.4 Å². The Morgan fingerprint density at radius 1 is 0.632 bits per heavy atom. The molecule has 0 aromatic rings. The maximum atomic E-state index is 11.8. The van der Waals surface area contributed by atoms with Crippen molar-refractivity contribution in [3.63, 3.8) is 0 Å². The second-order valence-electron chi connectivity index (χ2n) is 5.39. The van der Waals surface area contributed by atoms with Crippen molar-refractivity contribution in [1.29, 1.82) is 0 Å². The molecule has 0 aromatic carbocycles. The van der Waals surface area contributed by atoms with Gasteiger partial charge in [-0.2, -0.15) is 0 Å². The average Bonchev–Trinajstić information content (AvgIpc) is 2.39. The normalized spacial score (nSPS) is 10.8. The molecule has 0 aliphatic heterocycles. The van der Waals surface area contributed by atoms with E-state index in [0.29, 0.717) is 6.42 Å². The first kappa shape index (κ1) is 18.9. The Morgan fingerprint density at radius 2 is 0.947 bits per heavy atom. The highest BCUT2D eigenvalue weighted by Crippen LogP contribution is 2.13. The Balaban J connectivity index is 2.93. The summed E-state index contributed by atoms with van der Waals surface area (Å²) in [5, 5.41) is -0.202. The van der Waals surface area contributed by atoms with Crippen molar-refractivity contribution >= 4 is 16.8 Å². The van der Waals surface area contributed by atoms with Gasteiger partial charge in [0.2, 0.25) is 5.24 Å². The smallest absolute Gasteiger partial charge is 0.221 e. The van der Waals surface area contributed by atoms with Crippen molar-refractivity contribution < 1.29 is 9.18 Å². The fourth-order valence-electron chi connectivity index (χ4n) is 2.30. The van der Waals surface area contributed by atoms with E-state index in [1.807, 2.05) is 0 Å². The number of unbranched alkanes of at least 4 members (excludes halogenated alkanes) is 12. The quantitative estimate of drug-likeness (QED) is 0.260. The summed E-state index contributed by atoms with van der Waals surface area (Å²) in [5.74, 6) is 0. The molecule has 0 aliphatic rings. The lowest BCUT2D eigenvalue weighted by Crippen LogP contribution is -1.86. The van der Waals surface area contributed by atoms with Gasteiger partial charge in [-0.3, -0.25) is 9.18 Å². The van der Waals surface area contributed by atoms with Crippen LogP contribution in [0.25, 0.3) is 0 Å². The van der Waals surface area contributed by atoms with Crippen LogP contribution in [0.3, 0.4) is 0 Å². The van der Waals surface area contributed by atoms with E-state index < -0.39 is 0 Å². The summed E-state index contributed by atoms with van der Waals surface area (Å²) in [7, 11) is 0. The molecule has 0 saturated heterocycles. The van der Waals surface area contributed by atoms with Crippen molar-refractivity contribution in [2.45, 2.75) is 89.9 Å². The minimum atomic E-state index is -0.202. The van der Waals surface area contributed by atoms with Gasteiger partial charge in [0.25, 0.3) is 0 Å². The summed E-state index contributed by atoms with van der Waals surface area (Å²) < 4.78 is 11.8. The SMILES string of the molecule is O=C(Cl)CCCCCCCCCCCCCCC[18F]. The molecule has 0 fully saturated rings. The zero-order valence-electron chi connectivity index (χ0n) is 12.3. The molecule has 0 spiro atoms. The first-order valence-corrected chi connectivity index (χ1v) is 8.39. The van der Waals surface area contributed by atoms with E-state index in [0.717, 1.165) is 25.7 Å². The third-order valence-electron chi connectivity index (χ3n) is 3.51. The number of rotatable bonds is 15. The molecule has 0 rings (SSSR count). The van der Waals surface area contributed by atoms with E-state index in [2.05, 4.69) is 0 Å². The van der Waals surface area contributed by atoms with E-state index in [1.165, 1.54) is 57.8 Å². The fourth-order valence-corrected chi connectivity index (χ4v) is 2.44. The Morgan fingerprint density at radius 3 is 1.26 bits per heavy atom. The summed E-state index contributed by atoms with van der Waals surface area (Å²) in [6.45, 7) is -0.154. The molecule has 0 aromatic heterocycles. The van der Waals surface area contributed by atoms with Crippen molar-refractivity contribution in [2.75, 3.05) is 6.67 Å². The van der Waals surface area contributed by atoms with Crippen molar-refractivity contribution in [1.82, 2.24) is 0 Å². The molecule has 114 valence electrons. The molecule has 0 saturated carbocycles. The predicted molar refractivity (Wildman–Crippen MR) is 81.5 cm³/mol. The Bertz CT molecular complexity index is 197. The molecular weight excluding hydrogens is 262 g/mol. The number of carbonyl (C=O) groups is 1. The van der Waals surface area contributed by atoms with Gasteiger partial charge >= 0.3 is 0 Å². The Labute approximate surface area is 123 Å². The lowest BCUT2D eigenvalue weighted by molar-refractivity contribution is -0.111. The van der Waals surface area contributed by atoms with Crippen LogP contribution in [0.15, 0.2) is 0 Å². The Hall–Kier alpha value is -0.110. The lowest BCUT2D eigenvalue weighted by Gasteiger charge is -2.02. The Kier molecular flexibility index (Phi) is 15.9. The maximum absolute atomic E-state index is 11.8. The van der Waals surface area contributed by atoms with E-state index in [-0.39, 0.29) is 11.9 Å². The van der Waals surface area contributed by atoms with Crippen LogP contribution in [0.5, 0.6) is 0 Å². The summed E-state index contributed by atoms with van der Waals surface area (Å²) >= 11 is 5.27. The first-order valence-electron chi connectivity index (χ1n) is 8.01. The van der Waals surface area contributed by atoms with Crippen LogP contribution in [-0.4, -0.2) is 11.9 Å². The third kappa shape index (κ3) is 17.9. The average molecular weight is 292 g/mol. The highest BCUT2D eigenvalue weighted by molar-refractivity contribution is 6.63. The van der Waals surface area contributed by atoms with Crippen LogP contribution < -0.4 is 0 Å². The number of hydrogen-bond acceptors (Lipinski definition) is 1. The summed E-state index contributed by atoms with van der Waals surface area (Å²) in [6.07, 6.45) is 16.0. The minimum absolute atomic E-state index is 0.154. The summed E-state index contributed by atoms with van der Waals surface area (Å²) in [6, 6.07) is 0. The van der Waals surface area contributed by atoms with Gasteiger partial charge in [0.15, 0.2) is 0 Å². The van der Waals surface area contributed by atoms with Crippen molar-refractivity contribution in [2.24, 2.45) is 0 Å². The molecule has 1 nitrogen and oxygen atoms in total. The fraction of sp³-hybridized carbons (Fsp3) is 0.938. The van der Waals surface area contributed by atoms with Crippen LogP contribution in [0.2, 0.25) is 0 Å². The third-order valence-corrected chi connectivity index (χ3v) is 3.70. The lowest BCUT2D eigenvalue weighted by atomic mass is 10.0. The van der Waals surface area contributed by atoms with Gasteiger partial charge < -0.3 is 0 Å². The summed E-state index contributed by atoms with van der Waals surface area (Å²) in [4.78, 5) is 10.5. The van der Waals surface area contributed by atoms with Crippen LogP contribution >= 0.6 is 11.6 Å². The number of halogens is 2. The second kappa shape index (κ2) is 15.9. The molecule has 0 heterocycles. The highest BCUT2D eigenvalue weighted by atomic mass is 35.5. The first-order chi connectivity index (χ1) is 9.27. The molecular formula is C16H30ClFO. The predicted octanol–water partition coefficient (Wildman–Crippen LogP) is 6.18. The standard InChI is InChI=1S/C16H30ClFO/c17-16(19)14-12-10-8-6-4-2-1-3-5-7-9-11-13-15-18/h1-15H2/i18-1. The molecule has 0 N–H and O–H groups in total. The number of carbonyl (C=O) groups excluding carboxylic acids is 1. The molecule has 0 aliphatic carbocycles. The molecule has 0 amide bonds. The molecule has 0 radical (unpaired) electrons. The number of hydrogen-bond donors (Lipinski definition) is 0. The van der Waals surface area contributed by atoms with Gasteiger partial charge in [-0.25, -0.2) is 0 Å². The van der Waals surface area contributed by atoms with E-state index in [4.69, 9.17) is 11.6 Å². The molecule has 19 heavy (non-hydrogen) atoms. The maximum Gasteiger partial charge on any atom is 0.221 e. The zero-order valence-corrected chi connectivity index (χ0v) is 13.0. The van der Waals surface area contributed by atoms with Crippen molar-refractivity contribution in [3.05, 3.63) is 0 Å². The zero-order chi connectivity index (χ0) is 14.2. The minimum Gasteiger partial charge on any atom is -0.281 e. The topological polar surface area (TPSA) is 17.1 Å².